The zero-order chi connectivity index (χ0) is 18.0. The quantitative estimate of drug-likeness (QED) is 0.721. The first-order chi connectivity index (χ1) is 12.0. The van der Waals surface area contributed by atoms with E-state index in [-0.39, 0.29) is 16.4 Å². The molecule has 0 aliphatic heterocycles. The molecular weight excluding hydrogens is 371 g/mol. The third-order valence-electron chi connectivity index (χ3n) is 3.16. The summed E-state index contributed by atoms with van der Waals surface area (Å²) in [4.78, 5) is 23.4. The van der Waals surface area contributed by atoms with Gasteiger partial charge < -0.3 is 10.4 Å². The number of carbonyl (C=O) groups excluding carboxylic acids is 1. The molecule has 1 amide bonds. The van der Waals surface area contributed by atoms with Crippen molar-refractivity contribution >= 4 is 40.7 Å². The van der Waals surface area contributed by atoms with Gasteiger partial charge in [0.2, 0.25) is 0 Å². The second kappa shape index (κ2) is 6.91. The minimum absolute atomic E-state index is 0.0382. The van der Waals surface area contributed by atoms with E-state index in [1.807, 2.05) is 0 Å². The van der Waals surface area contributed by atoms with Gasteiger partial charge in [0.05, 0.1) is 28.2 Å². The number of carbonyl (C=O) groups is 2. The second-order valence-electron chi connectivity index (χ2n) is 4.79. The molecule has 25 heavy (non-hydrogen) atoms. The van der Waals surface area contributed by atoms with Gasteiger partial charge in [0, 0.05) is 10.9 Å². The number of aromatic carboxylic acids is 1. The summed E-state index contributed by atoms with van der Waals surface area (Å²) in [6, 6.07) is 4.78. The van der Waals surface area contributed by atoms with Crippen LogP contribution in [0.25, 0.3) is 11.3 Å². The lowest BCUT2D eigenvalue weighted by Crippen LogP contribution is -2.17. The van der Waals surface area contributed by atoms with E-state index < -0.39 is 23.3 Å². The Kier molecular flexibility index (Phi) is 4.68. The molecule has 1 aromatic carbocycles. The molecule has 126 valence electrons. The first-order valence-corrected chi connectivity index (χ1v) is 7.94. The summed E-state index contributed by atoms with van der Waals surface area (Å²) in [5, 5.41) is 20.7. The van der Waals surface area contributed by atoms with E-state index in [0.717, 1.165) is 17.7 Å². The zero-order valence-corrected chi connectivity index (χ0v) is 13.8. The Bertz CT molecular complexity index is 948. The van der Waals surface area contributed by atoms with Crippen LogP contribution in [0.15, 0.2) is 35.8 Å². The standard InChI is InChI=1S/C15H8ClFN4O3S/c16-9-4-13(8(15(23)24)3-10(9)17)19-14(22)12-2-1-11(20-21-12)7-5-18-25-6-7/h1-6H,(H,19,22)(H,23,24). The van der Waals surface area contributed by atoms with Crippen LogP contribution in [0, 0.1) is 5.82 Å². The molecule has 0 aliphatic carbocycles. The van der Waals surface area contributed by atoms with Crippen molar-refractivity contribution in [1.29, 1.82) is 0 Å². The molecule has 0 spiro atoms. The van der Waals surface area contributed by atoms with Gasteiger partial charge in [-0.2, -0.15) is 0 Å². The lowest BCUT2D eigenvalue weighted by molar-refractivity contribution is 0.0697. The molecule has 2 heterocycles. The molecule has 2 N–H and O–H groups in total. The fourth-order valence-electron chi connectivity index (χ4n) is 1.95. The summed E-state index contributed by atoms with van der Waals surface area (Å²) < 4.78 is 17.4. The SMILES string of the molecule is O=C(Nc1cc(Cl)c(F)cc1C(=O)O)c1ccc(-c2cnsc2)nn1. The number of rotatable bonds is 4. The van der Waals surface area contributed by atoms with Gasteiger partial charge in [0.15, 0.2) is 5.69 Å². The number of benzene rings is 1. The van der Waals surface area contributed by atoms with Crippen LogP contribution in [0.4, 0.5) is 10.1 Å². The topological polar surface area (TPSA) is 105 Å². The van der Waals surface area contributed by atoms with Crippen LogP contribution in [0.1, 0.15) is 20.8 Å². The van der Waals surface area contributed by atoms with Crippen LogP contribution in [0.5, 0.6) is 0 Å². The fourth-order valence-corrected chi connectivity index (χ4v) is 2.65. The maximum absolute atomic E-state index is 13.4. The van der Waals surface area contributed by atoms with E-state index in [4.69, 9.17) is 16.7 Å². The summed E-state index contributed by atoms with van der Waals surface area (Å²) in [5.41, 5.74) is 0.703. The Morgan fingerprint density at radius 1 is 1.24 bits per heavy atom. The van der Waals surface area contributed by atoms with E-state index in [1.165, 1.54) is 17.6 Å². The van der Waals surface area contributed by atoms with E-state index in [0.29, 0.717) is 5.69 Å². The number of hydrogen-bond acceptors (Lipinski definition) is 6. The van der Waals surface area contributed by atoms with Crippen molar-refractivity contribution in [2.45, 2.75) is 0 Å². The summed E-state index contributed by atoms with van der Waals surface area (Å²) in [7, 11) is 0. The third-order valence-corrected chi connectivity index (χ3v) is 4.04. The van der Waals surface area contributed by atoms with E-state index in [9.17, 15) is 14.0 Å². The fraction of sp³-hybridized carbons (Fsp3) is 0. The normalized spacial score (nSPS) is 10.5. The van der Waals surface area contributed by atoms with Crippen LogP contribution >= 0.6 is 23.1 Å². The first kappa shape index (κ1) is 16.9. The Hall–Kier alpha value is -2.91. The Balaban J connectivity index is 1.85. The lowest BCUT2D eigenvalue weighted by Gasteiger charge is -2.09. The highest BCUT2D eigenvalue weighted by atomic mass is 35.5. The summed E-state index contributed by atoms with van der Waals surface area (Å²) in [5.74, 6) is -3.00. The van der Waals surface area contributed by atoms with E-state index in [1.54, 1.807) is 17.6 Å². The molecule has 0 atom stereocenters. The molecule has 0 radical (unpaired) electrons. The molecule has 0 bridgehead atoms. The number of halogens is 2. The highest BCUT2D eigenvalue weighted by Gasteiger charge is 2.18. The van der Waals surface area contributed by atoms with Crippen molar-refractivity contribution in [3.05, 3.63) is 57.9 Å². The van der Waals surface area contributed by atoms with Crippen LogP contribution in [0.2, 0.25) is 5.02 Å². The van der Waals surface area contributed by atoms with Crippen LogP contribution in [0.3, 0.4) is 0 Å². The van der Waals surface area contributed by atoms with Gasteiger partial charge in [-0.05, 0) is 35.8 Å². The van der Waals surface area contributed by atoms with Gasteiger partial charge >= 0.3 is 5.97 Å². The molecule has 2 aromatic heterocycles. The minimum atomic E-state index is -1.41. The minimum Gasteiger partial charge on any atom is -0.478 e. The highest BCUT2D eigenvalue weighted by Crippen LogP contribution is 2.25. The average molecular weight is 379 g/mol. The summed E-state index contributed by atoms with van der Waals surface area (Å²) in [6.45, 7) is 0. The molecule has 7 nitrogen and oxygen atoms in total. The summed E-state index contributed by atoms with van der Waals surface area (Å²) in [6.07, 6.45) is 1.62. The maximum Gasteiger partial charge on any atom is 0.337 e. The Morgan fingerprint density at radius 3 is 2.64 bits per heavy atom. The van der Waals surface area contributed by atoms with Crippen LogP contribution in [-0.4, -0.2) is 31.6 Å². The maximum atomic E-state index is 13.4. The van der Waals surface area contributed by atoms with Crippen molar-refractivity contribution in [1.82, 2.24) is 14.6 Å². The molecule has 10 heteroatoms. The predicted molar refractivity (Wildman–Crippen MR) is 89.5 cm³/mol. The molecular formula is C15H8ClFN4O3S. The monoisotopic (exact) mass is 378 g/mol. The van der Waals surface area contributed by atoms with Gasteiger partial charge in [-0.1, -0.05) is 11.6 Å². The number of anilines is 1. The lowest BCUT2D eigenvalue weighted by atomic mass is 10.1. The molecule has 0 saturated carbocycles. The molecule has 0 aliphatic rings. The zero-order valence-electron chi connectivity index (χ0n) is 12.2. The van der Waals surface area contributed by atoms with Gasteiger partial charge in [-0.3, -0.25) is 4.79 Å². The van der Waals surface area contributed by atoms with Gasteiger partial charge in [-0.25, -0.2) is 13.6 Å². The number of carboxylic acid groups (broad SMARTS) is 1. The second-order valence-corrected chi connectivity index (χ2v) is 5.85. The molecule has 0 fully saturated rings. The smallest absolute Gasteiger partial charge is 0.337 e. The Labute approximate surface area is 149 Å². The van der Waals surface area contributed by atoms with Crippen molar-refractivity contribution < 1.29 is 19.1 Å². The van der Waals surface area contributed by atoms with E-state index in [2.05, 4.69) is 19.9 Å². The largest absolute Gasteiger partial charge is 0.478 e. The number of hydrogen-bond donors (Lipinski definition) is 2. The van der Waals surface area contributed by atoms with E-state index >= 15 is 0 Å². The van der Waals surface area contributed by atoms with Crippen LogP contribution < -0.4 is 5.32 Å². The molecule has 3 aromatic rings. The number of nitrogens with one attached hydrogen (secondary N) is 1. The van der Waals surface area contributed by atoms with Gasteiger partial charge in [0.25, 0.3) is 5.91 Å². The molecule has 3 rings (SSSR count). The van der Waals surface area contributed by atoms with Crippen molar-refractivity contribution in [2.24, 2.45) is 0 Å². The molecule has 0 unspecified atom stereocenters. The molecule has 0 saturated heterocycles. The van der Waals surface area contributed by atoms with Gasteiger partial charge in [-0.15, -0.1) is 10.2 Å². The predicted octanol–water partition coefficient (Wildman–Crippen LogP) is 3.34. The van der Waals surface area contributed by atoms with Crippen molar-refractivity contribution in [3.8, 4) is 11.3 Å². The highest BCUT2D eigenvalue weighted by molar-refractivity contribution is 7.03. The van der Waals surface area contributed by atoms with Crippen LogP contribution in [-0.2, 0) is 0 Å². The first-order valence-electron chi connectivity index (χ1n) is 6.73. The van der Waals surface area contributed by atoms with Gasteiger partial charge in [0.1, 0.15) is 5.82 Å². The van der Waals surface area contributed by atoms with Crippen molar-refractivity contribution in [3.63, 3.8) is 0 Å². The summed E-state index contributed by atoms with van der Waals surface area (Å²) >= 11 is 6.90. The number of amides is 1. The number of aromatic nitrogens is 3. The number of nitrogens with zero attached hydrogens (tertiary/aromatic N) is 3. The van der Waals surface area contributed by atoms with Crippen molar-refractivity contribution in [2.75, 3.05) is 5.32 Å². The third kappa shape index (κ3) is 3.62. The Morgan fingerprint density at radius 2 is 2.04 bits per heavy atom. The number of carboxylic acids is 1. The average Bonchev–Trinajstić information content (AvgIpc) is 3.12.